The third-order valence-corrected chi connectivity index (χ3v) is 0.224. The van der Waals surface area contributed by atoms with E-state index in [4.69, 9.17) is 5.11 Å². The van der Waals surface area contributed by atoms with E-state index < -0.39 is 0 Å². The van der Waals surface area contributed by atoms with E-state index >= 15 is 0 Å². The van der Waals surface area contributed by atoms with Gasteiger partial charge >= 0.3 is 0 Å². The Morgan fingerprint density at radius 2 is 1.80 bits per heavy atom. The number of hydrogen-bond acceptors (Lipinski definition) is 1. The Labute approximate surface area is 45.7 Å². The molecule has 1 nitrogen and oxygen atoms in total. The first-order valence-corrected chi connectivity index (χ1v) is 1.52. The van der Waals surface area contributed by atoms with Gasteiger partial charge in [0.1, 0.15) is 0 Å². The summed E-state index contributed by atoms with van der Waals surface area (Å²) in [5, 5.41) is 7.88. The van der Waals surface area contributed by atoms with Crippen LogP contribution in [0.4, 0.5) is 0 Å². The molecule has 0 fully saturated rings. The summed E-state index contributed by atoms with van der Waals surface area (Å²) in [7, 11) is 0. The van der Waals surface area contributed by atoms with Gasteiger partial charge in [0.2, 0.25) is 0 Å². The van der Waals surface area contributed by atoms with E-state index in [2.05, 4.69) is 0 Å². The Morgan fingerprint density at radius 3 is 1.80 bits per heavy atom. The molecule has 0 saturated carbocycles. The Kier molecular flexibility index (Phi) is 16.1. The van der Waals surface area contributed by atoms with Gasteiger partial charge in [0, 0.05) is 26.7 Å². The van der Waals surface area contributed by atoms with Crippen molar-refractivity contribution < 1.29 is 25.2 Å². The maximum absolute atomic E-state index is 7.88. The molecule has 2 heteroatoms. The zero-order valence-corrected chi connectivity index (χ0v) is 5.59. The van der Waals surface area contributed by atoms with Gasteiger partial charge in [-0.3, -0.25) is 0 Å². The van der Waals surface area contributed by atoms with E-state index in [9.17, 15) is 0 Å². The minimum absolute atomic E-state index is 0. The Bertz CT molecular complexity index is 8.85. The monoisotopic (exact) mass is 253 g/mol. The van der Waals surface area contributed by atoms with Gasteiger partial charge in [-0.15, -0.1) is 0 Å². The smallest absolute Gasteiger partial charge is 0.0428 e. The predicted octanol–water partition coefficient (Wildman–Crippen LogP) is 0.386. The summed E-state index contributed by atoms with van der Waals surface area (Å²) < 4.78 is 0. The van der Waals surface area contributed by atoms with Crippen molar-refractivity contribution in [2.45, 2.75) is 13.3 Å². The zero-order chi connectivity index (χ0) is 3.41. The molecule has 0 amide bonds. The van der Waals surface area contributed by atoms with Crippen LogP contribution in [0, 0.1) is 0 Å². The van der Waals surface area contributed by atoms with E-state index in [1.165, 1.54) is 0 Å². The van der Waals surface area contributed by atoms with Crippen molar-refractivity contribution in [3.63, 3.8) is 0 Å². The molecule has 0 heterocycles. The molecule has 0 atom stereocenters. The minimum atomic E-state index is 0. The van der Waals surface area contributed by atoms with Gasteiger partial charge in [-0.25, -0.2) is 0 Å². The zero-order valence-electron chi connectivity index (χ0n) is 3.19. The first-order chi connectivity index (χ1) is 1.91. The topological polar surface area (TPSA) is 20.2 Å². The van der Waals surface area contributed by atoms with Crippen molar-refractivity contribution in [2.75, 3.05) is 6.61 Å². The van der Waals surface area contributed by atoms with Crippen LogP contribution in [0.2, 0.25) is 0 Å². The second-order valence-corrected chi connectivity index (χ2v) is 0.724. The van der Waals surface area contributed by atoms with E-state index in [1.54, 1.807) is 0 Å². The van der Waals surface area contributed by atoms with Gasteiger partial charge in [-0.05, 0) is 6.42 Å². The molecular formula is C3H8IrO. The predicted molar refractivity (Wildman–Crippen MR) is 17.4 cm³/mol. The molecule has 0 aliphatic carbocycles. The Hall–Kier alpha value is 0.609. The molecule has 0 saturated heterocycles. The van der Waals surface area contributed by atoms with Crippen LogP contribution in [-0.2, 0) is 20.1 Å². The fourth-order valence-corrected chi connectivity index (χ4v) is 0. The maximum atomic E-state index is 7.88. The van der Waals surface area contributed by atoms with Gasteiger partial charge in [-0.1, -0.05) is 6.92 Å². The molecular weight excluding hydrogens is 244 g/mol. The minimum Gasteiger partial charge on any atom is -0.396 e. The van der Waals surface area contributed by atoms with Gasteiger partial charge in [0.25, 0.3) is 0 Å². The van der Waals surface area contributed by atoms with Crippen LogP contribution in [-0.4, -0.2) is 11.7 Å². The summed E-state index contributed by atoms with van der Waals surface area (Å²) in [6, 6.07) is 0. The second-order valence-electron chi connectivity index (χ2n) is 0.724. The molecule has 1 radical (unpaired) electrons. The summed E-state index contributed by atoms with van der Waals surface area (Å²) >= 11 is 0. The number of aliphatic hydroxyl groups excluding tert-OH is 1. The van der Waals surface area contributed by atoms with Crippen molar-refractivity contribution in [1.29, 1.82) is 0 Å². The van der Waals surface area contributed by atoms with Gasteiger partial charge < -0.3 is 5.11 Å². The van der Waals surface area contributed by atoms with Crippen molar-refractivity contribution in [2.24, 2.45) is 0 Å². The van der Waals surface area contributed by atoms with E-state index in [0.29, 0.717) is 6.61 Å². The van der Waals surface area contributed by atoms with Crippen LogP contribution >= 0.6 is 0 Å². The number of hydrogen-bond donors (Lipinski definition) is 1. The van der Waals surface area contributed by atoms with Gasteiger partial charge in [0.05, 0.1) is 0 Å². The molecule has 0 bridgehead atoms. The van der Waals surface area contributed by atoms with E-state index in [-0.39, 0.29) is 20.1 Å². The first-order valence-electron chi connectivity index (χ1n) is 1.52. The molecule has 1 N–H and O–H groups in total. The Morgan fingerprint density at radius 1 is 1.60 bits per heavy atom. The Balaban J connectivity index is 0. The standard InChI is InChI=1S/C3H8O.Ir/c1-2-3-4;/h4H,2-3H2,1H3;. The van der Waals surface area contributed by atoms with Crippen LogP contribution in [0.1, 0.15) is 13.3 Å². The van der Waals surface area contributed by atoms with Gasteiger partial charge in [0.15, 0.2) is 0 Å². The first kappa shape index (κ1) is 9.15. The largest absolute Gasteiger partial charge is 0.396 e. The molecule has 0 unspecified atom stereocenters. The summed E-state index contributed by atoms with van der Waals surface area (Å²) in [5.41, 5.74) is 0. The molecule has 0 aromatic carbocycles. The SMILES string of the molecule is CCCO.[Ir]. The molecule has 0 spiro atoms. The molecule has 5 heavy (non-hydrogen) atoms. The number of aliphatic hydroxyl groups is 1. The molecule has 0 aromatic heterocycles. The van der Waals surface area contributed by atoms with Crippen LogP contribution in [0.3, 0.4) is 0 Å². The second kappa shape index (κ2) is 8.82. The maximum Gasteiger partial charge on any atom is 0.0428 e. The molecule has 0 aromatic rings. The van der Waals surface area contributed by atoms with Gasteiger partial charge in [-0.2, -0.15) is 0 Å². The van der Waals surface area contributed by atoms with Crippen molar-refractivity contribution in [3.05, 3.63) is 0 Å². The average Bonchev–Trinajstić information content (AvgIpc) is 1.37. The van der Waals surface area contributed by atoms with Crippen molar-refractivity contribution in [1.82, 2.24) is 0 Å². The normalized spacial score (nSPS) is 6.00. The van der Waals surface area contributed by atoms with Crippen molar-refractivity contribution in [3.8, 4) is 0 Å². The molecule has 35 valence electrons. The molecule has 0 aliphatic heterocycles. The van der Waals surface area contributed by atoms with Crippen molar-refractivity contribution >= 4 is 0 Å². The summed E-state index contributed by atoms with van der Waals surface area (Å²) in [4.78, 5) is 0. The van der Waals surface area contributed by atoms with E-state index in [0.717, 1.165) is 6.42 Å². The summed E-state index contributed by atoms with van der Waals surface area (Å²) in [6.45, 7) is 2.25. The van der Waals surface area contributed by atoms with Crippen LogP contribution in [0.15, 0.2) is 0 Å². The van der Waals surface area contributed by atoms with Crippen LogP contribution in [0.25, 0.3) is 0 Å². The molecule has 0 aliphatic rings. The average molecular weight is 252 g/mol. The molecule has 0 rings (SSSR count). The third-order valence-electron chi connectivity index (χ3n) is 0.224. The fraction of sp³-hybridized carbons (Fsp3) is 1.00. The third kappa shape index (κ3) is 12.1. The fourth-order valence-electron chi connectivity index (χ4n) is 0. The summed E-state index contributed by atoms with van der Waals surface area (Å²) in [6.07, 6.45) is 0.875. The summed E-state index contributed by atoms with van der Waals surface area (Å²) in [5.74, 6) is 0. The quantitative estimate of drug-likeness (QED) is 0.715. The number of rotatable bonds is 1. The van der Waals surface area contributed by atoms with Crippen LogP contribution in [0.5, 0.6) is 0 Å². The van der Waals surface area contributed by atoms with E-state index in [1.807, 2.05) is 6.92 Å². The van der Waals surface area contributed by atoms with Crippen LogP contribution < -0.4 is 0 Å².